The van der Waals surface area contributed by atoms with E-state index in [1.54, 1.807) is 13.2 Å². The van der Waals surface area contributed by atoms with Gasteiger partial charge in [0.1, 0.15) is 18.1 Å². The summed E-state index contributed by atoms with van der Waals surface area (Å²) in [5, 5.41) is 26.0. The van der Waals surface area contributed by atoms with Crippen LogP contribution in [0.1, 0.15) is 29.3 Å². The Morgan fingerprint density at radius 3 is 2.97 bits per heavy atom. The molecule has 0 fully saturated rings. The van der Waals surface area contributed by atoms with Crippen LogP contribution in [0.2, 0.25) is 0 Å². The van der Waals surface area contributed by atoms with Gasteiger partial charge in [-0.2, -0.15) is 10.2 Å². The summed E-state index contributed by atoms with van der Waals surface area (Å²) in [6.07, 6.45) is 2.15. The SMILES string of the molecule is COc1nc2c(cc1Nc1ncnc(-c3cc(C#N)c4c(c3)C(C)(CO)CN4)n1)COCC2. The number of aliphatic hydroxyl groups is 1. The van der Waals surface area contributed by atoms with Crippen LogP contribution in [0.3, 0.4) is 0 Å². The van der Waals surface area contributed by atoms with Crippen LogP contribution in [0.5, 0.6) is 5.88 Å². The number of pyridine rings is 1. The second kappa shape index (κ2) is 8.27. The third-order valence-corrected chi connectivity index (χ3v) is 6.08. The maximum atomic E-state index is 9.94. The Bertz CT molecular complexity index is 1270. The van der Waals surface area contributed by atoms with Crippen molar-refractivity contribution in [1.29, 1.82) is 5.26 Å². The lowest BCUT2D eigenvalue weighted by Crippen LogP contribution is -2.28. The maximum absolute atomic E-state index is 9.94. The molecular formula is C23H23N7O3. The zero-order chi connectivity index (χ0) is 23.0. The average molecular weight is 445 g/mol. The number of methoxy groups -OCH3 is 1. The number of fused-ring (bicyclic) bond motifs is 2. The molecule has 2 aliphatic heterocycles. The van der Waals surface area contributed by atoms with Gasteiger partial charge in [0.25, 0.3) is 0 Å². The molecule has 4 heterocycles. The van der Waals surface area contributed by atoms with Gasteiger partial charge in [-0.1, -0.05) is 6.92 Å². The van der Waals surface area contributed by atoms with Crippen molar-refractivity contribution in [3.05, 3.63) is 46.9 Å². The second-order valence-electron chi connectivity index (χ2n) is 8.34. The van der Waals surface area contributed by atoms with Crippen LogP contribution in [0.25, 0.3) is 11.4 Å². The van der Waals surface area contributed by atoms with Gasteiger partial charge in [-0.3, -0.25) is 0 Å². The number of nitrogens with zero attached hydrogens (tertiary/aromatic N) is 5. The zero-order valence-corrected chi connectivity index (χ0v) is 18.3. The Balaban J connectivity index is 1.52. The molecule has 3 N–H and O–H groups in total. The molecule has 0 saturated carbocycles. The number of hydrogen-bond donors (Lipinski definition) is 3. The third kappa shape index (κ3) is 3.71. The van der Waals surface area contributed by atoms with E-state index in [4.69, 9.17) is 9.47 Å². The van der Waals surface area contributed by atoms with Crippen LogP contribution in [-0.2, 0) is 23.2 Å². The number of rotatable bonds is 5. The minimum Gasteiger partial charge on any atom is -0.480 e. The van der Waals surface area contributed by atoms with Gasteiger partial charge in [-0.25, -0.2) is 15.0 Å². The van der Waals surface area contributed by atoms with Crippen molar-refractivity contribution in [2.75, 3.05) is 37.5 Å². The normalized spacial score (nSPS) is 18.6. The number of aromatic nitrogens is 4. The first kappa shape index (κ1) is 21.1. The van der Waals surface area contributed by atoms with Crippen LogP contribution in [-0.4, -0.2) is 51.9 Å². The average Bonchev–Trinajstić information content (AvgIpc) is 3.20. The summed E-state index contributed by atoms with van der Waals surface area (Å²) in [4.78, 5) is 17.7. The summed E-state index contributed by atoms with van der Waals surface area (Å²) in [6.45, 7) is 3.60. The van der Waals surface area contributed by atoms with E-state index >= 15 is 0 Å². The second-order valence-corrected chi connectivity index (χ2v) is 8.34. The first-order valence-corrected chi connectivity index (χ1v) is 10.6. The fraction of sp³-hybridized carbons (Fsp3) is 0.348. The number of hydrogen-bond acceptors (Lipinski definition) is 10. The zero-order valence-electron chi connectivity index (χ0n) is 18.3. The monoisotopic (exact) mass is 445 g/mol. The van der Waals surface area contributed by atoms with Gasteiger partial charge in [0.15, 0.2) is 5.82 Å². The lowest BCUT2D eigenvalue weighted by molar-refractivity contribution is 0.109. The standard InChI is InChI=1S/C23H23N7O3/c1-23(11-31)10-25-19-14(8-24)5-13(6-16(19)23)20-26-12-27-22(30-20)29-18-7-15-9-33-4-3-17(15)28-21(18)32-2/h5-7,12,25,31H,3-4,9-11H2,1-2H3,(H,26,27,29,30). The molecule has 168 valence electrons. The van der Waals surface area contributed by atoms with E-state index in [-0.39, 0.29) is 6.61 Å². The van der Waals surface area contributed by atoms with Gasteiger partial charge in [0.2, 0.25) is 11.8 Å². The molecule has 33 heavy (non-hydrogen) atoms. The van der Waals surface area contributed by atoms with E-state index in [1.807, 2.05) is 19.1 Å². The molecule has 0 saturated heterocycles. The summed E-state index contributed by atoms with van der Waals surface area (Å²) in [7, 11) is 1.57. The van der Waals surface area contributed by atoms with Crippen molar-refractivity contribution in [2.24, 2.45) is 0 Å². The molecule has 5 rings (SSSR count). The van der Waals surface area contributed by atoms with Gasteiger partial charge in [0, 0.05) is 29.5 Å². The van der Waals surface area contributed by atoms with E-state index in [2.05, 4.69) is 36.6 Å². The van der Waals surface area contributed by atoms with Crippen molar-refractivity contribution in [1.82, 2.24) is 19.9 Å². The fourth-order valence-electron chi connectivity index (χ4n) is 4.17. The van der Waals surface area contributed by atoms with Crippen molar-refractivity contribution in [2.45, 2.75) is 25.4 Å². The summed E-state index contributed by atoms with van der Waals surface area (Å²) >= 11 is 0. The lowest BCUT2D eigenvalue weighted by atomic mass is 9.84. The van der Waals surface area contributed by atoms with Gasteiger partial charge < -0.3 is 25.2 Å². The molecular weight excluding hydrogens is 422 g/mol. The highest BCUT2D eigenvalue weighted by Crippen LogP contribution is 2.41. The first-order chi connectivity index (χ1) is 16.0. The van der Waals surface area contributed by atoms with Crippen molar-refractivity contribution in [3.63, 3.8) is 0 Å². The fourth-order valence-corrected chi connectivity index (χ4v) is 4.17. The number of benzene rings is 1. The molecule has 2 aliphatic rings. The predicted molar refractivity (Wildman–Crippen MR) is 120 cm³/mol. The first-order valence-electron chi connectivity index (χ1n) is 10.6. The Hall–Kier alpha value is -3.81. The molecule has 1 aromatic carbocycles. The number of nitriles is 1. The molecule has 1 atom stereocenters. The van der Waals surface area contributed by atoms with Gasteiger partial charge in [-0.15, -0.1) is 0 Å². The molecule has 0 spiro atoms. The highest BCUT2D eigenvalue weighted by Gasteiger charge is 2.36. The van der Waals surface area contributed by atoms with Crippen molar-refractivity contribution < 1.29 is 14.6 Å². The summed E-state index contributed by atoms with van der Waals surface area (Å²) in [5.41, 5.74) is 4.86. The Morgan fingerprint density at radius 2 is 2.18 bits per heavy atom. The molecule has 0 aliphatic carbocycles. The molecule has 0 amide bonds. The topological polar surface area (TPSA) is 138 Å². The van der Waals surface area contributed by atoms with E-state index in [9.17, 15) is 10.4 Å². The van der Waals surface area contributed by atoms with E-state index in [0.29, 0.717) is 54.2 Å². The highest BCUT2D eigenvalue weighted by molar-refractivity contribution is 5.75. The molecule has 10 heteroatoms. The quantitative estimate of drug-likeness (QED) is 0.536. The Morgan fingerprint density at radius 1 is 1.30 bits per heavy atom. The minimum absolute atomic E-state index is 0.0415. The molecule has 1 unspecified atom stereocenters. The molecule has 10 nitrogen and oxygen atoms in total. The summed E-state index contributed by atoms with van der Waals surface area (Å²) < 4.78 is 11.0. The van der Waals surface area contributed by atoms with Gasteiger partial charge in [0.05, 0.1) is 43.9 Å². The van der Waals surface area contributed by atoms with Crippen LogP contribution < -0.4 is 15.4 Å². The number of aliphatic hydroxyl groups excluding tert-OH is 1. The van der Waals surface area contributed by atoms with Gasteiger partial charge in [-0.05, 0) is 23.8 Å². The van der Waals surface area contributed by atoms with E-state index in [1.165, 1.54) is 6.33 Å². The van der Waals surface area contributed by atoms with Crippen molar-refractivity contribution in [3.8, 4) is 23.3 Å². The van der Waals surface area contributed by atoms with Crippen LogP contribution in [0.4, 0.5) is 17.3 Å². The summed E-state index contributed by atoms with van der Waals surface area (Å²) in [6, 6.07) is 7.83. The largest absolute Gasteiger partial charge is 0.480 e. The lowest BCUT2D eigenvalue weighted by Gasteiger charge is -2.21. The highest BCUT2D eigenvalue weighted by atomic mass is 16.5. The molecule has 0 radical (unpaired) electrons. The van der Waals surface area contributed by atoms with E-state index < -0.39 is 5.41 Å². The molecule has 3 aromatic rings. The minimum atomic E-state index is -0.491. The Labute approximate surface area is 190 Å². The van der Waals surface area contributed by atoms with Crippen molar-refractivity contribution >= 4 is 17.3 Å². The number of ether oxygens (including phenoxy) is 2. The summed E-state index contributed by atoms with van der Waals surface area (Å²) in [5.74, 6) is 1.18. The maximum Gasteiger partial charge on any atom is 0.237 e. The predicted octanol–water partition coefficient (Wildman–Crippen LogP) is 2.31. The number of nitrogens with one attached hydrogen (secondary N) is 2. The van der Waals surface area contributed by atoms with Crippen LogP contribution in [0, 0.1) is 11.3 Å². The smallest absolute Gasteiger partial charge is 0.237 e. The number of anilines is 3. The van der Waals surface area contributed by atoms with Crippen LogP contribution in [0.15, 0.2) is 24.5 Å². The third-order valence-electron chi connectivity index (χ3n) is 6.08. The molecule has 2 aromatic heterocycles. The molecule has 0 bridgehead atoms. The van der Waals surface area contributed by atoms with Gasteiger partial charge >= 0.3 is 0 Å². The Kier molecular flexibility index (Phi) is 5.28. The van der Waals surface area contributed by atoms with E-state index in [0.717, 1.165) is 28.9 Å². The van der Waals surface area contributed by atoms with Crippen LogP contribution >= 0.6 is 0 Å².